The number of aryl methyl sites for hydroxylation is 2. The Morgan fingerprint density at radius 1 is 1.12 bits per heavy atom. The maximum absolute atomic E-state index is 13.4. The molecule has 1 aliphatic carbocycles. The van der Waals surface area contributed by atoms with E-state index in [2.05, 4.69) is 65.3 Å². The van der Waals surface area contributed by atoms with E-state index in [1.54, 1.807) is 22.2 Å². The Hall–Kier alpha value is -2.80. The predicted octanol–water partition coefficient (Wildman–Crippen LogP) is 4.17. The summed E-state index contributed by atoms with van der Waals surface area (Å²) in [7, 11) is 0. The second kappa shape index (κ2) is 9.59. The molecule has 2 aromatic carbocycles. The van der Waals surface area contributed by atoms with Gasteiger partial charge in [0.1, 0.15) is 4.83 Å². The largest absolute Gasteiger partial charge is 0.395 e. The second-order valence-electron chi connectivity index (χ2n) is 8.92. The number of nitrogens with zero attached hydrogens (tertiary/aromatic N) is 3. The lowest BCUT2D eigenvalue weighted by molar-refractivity contribution is 0.133. The average molecular weight is 460 g/mol. The van der Waals surface area contributed by atoms with Gasteiger partial charge in [-0.1, -0.05) is 60.2 Å². The number of rotatable bonds is 7. The molecule has 0 saturated heterocycles. The van der Waals surface area contributed by atoms with E-state index in [0.29, 0.717) is 19.1 Å². The molecule has 5 rings (SSSR count). The number of hydrogen-bond donors (Lipinski definition) is 1. The smallest absolute Gasteiger partial charge is 0.262 e. The molecule has 2 heterocycles. The quantitative estimate of drug-likeness (QED) is 0.451. The zero-order valence-electron chi connectivity index (χ0n) is 18.9. The molecule has 1 atom stereocenters. The second-order valence-corrected chi connectivity index (χ2v) is 10.0. The van der Waals surface area contributed by atoms with Crippen molar-refractivity contribution in [3.05, 3.63) is 98.4 Å². The van der Waals surface area contributed by atoms with Crippen LogP contribution < -0.4 is 5.56 Å². The van der Waals surface area contributed by atoms with Gasteiger partial charge in [0, 0.05) is 24.0 Å². The molecule has 0 bridgehead atoms. The Labute approximate surface area is 198 Å². The summed E-state index contributed by atoms with van der Waals surface area (Å²) < 4.78 is 1.74. The van der Waals surface area contributed by atoms with E-state index in [0.717, 1.165) is 41.6 Å². The first-order valence-corrected chi connectivity index (χ1v) is 12.4. The fourth-order valence-corrected chi connectivity index (χ4v) is 6.08. The van der Waals surface area contributed by atoms with Crippen LogP contribution in [-0.2, 0) is 25.9 Å². The number of aliphatic hydroxyl groups excluding tert-OH is 1. The third kappa shape index (κ3) is 4.64. The third-order valence-electron chi connectivity index (χ3n) is 6.62. The minimum absolute atomic E-state index is 0.0630. The molecule has 2 aromatic heterocycles. The number of thiophene rings is 1. The average Bonchev–Trinajstić information content (AvgIpc) is 3.21. The molecule has 0 radical (unpaired) electrons. The van der Waals surface area contributed by atoms with Crippen LogP contribution in [0.4, 0.5) is 0 Å². The zero-order valence-corrected chi connectivity index (χ0v) is 19.7. The van der Waals surface area contributed by atoms with Gasteiger partial charge in [-0.3, -0.25) is 14.3 Å². The van der Waals surface area contributed by atoms with Crippen LogP contribution in [0.25, 0.3) is 10.2 Å². The number of aromatic nitrogens is 2. The minimum atomic E-state index is 0.0630. The van der Waals surface area contributed by atoms with Gasteiger partial charge in [0.15, 0.2) is 0 Å². The van der Waals surface area contributed by atoms with Crippen molar-refractivity contribution in [3.8, 4) is 0 Å². The molecule has 33 heavy (non-hydrogen) atoms. The first-order valence-electron chi connectivity index (χ1n) is 11.6. The molecule has 0 fully saturated rings. The fourth-order valence-electron chi connectivity index (χ4n) is 4.84. The lowest BCUT2D eigenvalue weighted by Gasteiger charge is -2.34. The summed E-state index contributed by atoms with van der Waals surface area (Å²) in [6, 6.07) is 19.1. The lowest BCUT2D eigenvalue weighted by atomic mass is 9.91. The van der Waals surface area contributed by atoms with Crippen molar-refractivity contribution in [2.24, 2.45) is 0 Å². The molecule has 5 nitrogen and oxygen atoms in total. The van der Waals surface area contributed by atoms with E-state index in [9.17, 15) is 9.90 Å². The van der Waals surface area contributed by atoms with E-state index in [4.69, 9.17) is 0 Å². The molecule has 0 amide bonds. The van der Waals surface area contributed by atoms with E-state index >= 15 is 0 Å². The summed E-state index contributed by atoms with van der Waals surface area (Å²) in [6.07, 6.45) is 4.46. The Morgan fingerprint density at radius 3 is 2.67 bits per heavy atom. The van der Waals surface area contributed by atoms with E-state index < -0.39 is 0 Å². The third-order valence-corrected chi connectivity index (χ3v) is 7.78. The summed E-state index contributed by atoms with van der Waals surface area (Å²) >= 11 is 1.66. The number of aliphatic hydroxyl groups is 1. The van der Waals surface area contributed by atoms with Gasteiger partial charge in [-0.15, -0.1) is 11.3 Å². The number of benzene rings is 2. The molecular formula is C27H29N3O2S. The molecule has 170 valence electrons. The Morgan fingerprint density at radius 2 is 1.91 bits per heavy atom. The minimum Gasteiger partial charge on any atom is -0.395 e. The molecule has 1 N–H and O–H groups in total. The SMILES string of the molecule is Cc1ccc(Cn2cnc3sc4c(c3c2=O)CC[C@H](N(CCO)Cc2ccccc2)C4)cc1. The van der Waals surface area contributed by atoms with Crippen molar-refractivity contribution in [2.75, 3.05) is 13.2 Å². The summed E-state index contributed by atoms with van der Waals surface area (Å²) in [4.78, 5) is 22.5. The van der Waals surface area contributed by atoms with Crippen molar-refractivity contribution in [3.63, 3.8) is 0 Å². The van der Waals surface area contributed by atoms with Crippen LogP contribution in [0, 0.1) is 6.92 Å². The van der Waals surface area contributed by atoms with Crippen LogP contribution >= 0.6 is 11.3 Å². The van der Waals surface area contributed by atoms with Crippen molar-refractivity contribution >= 4 is 21.6 Å². The highest BCUT2D eigenvalue weighted by Gasteiger charge is 2.28. The van der Waals surface area contributed by atoms with Crippen LogP contribution in [-0.4, -0.2) is 38.8 Å². The topological polar surface area (TPSA) is 58.4 Å². The van der Waals surface area contributed by atoms with Crippen molar-refractivity contribution in [1.82, 2.24) is 14.5 Å². The van der Waals surface area contributed by atoms with E-state index in [1.165, 1.54) is 21.6 Å². The zero-order chi connectivity index (χ0) is 22.8. The first kappa shape index (κ1) is 22.0. The standard InChI is InChI=1S/C27H29N3O2S/c1-19-7-9-21(10-8-19)17-30-18-28-26-25(27(30)32)23-12-11-22(15-24(23)33-26)29(13-14-31)16-20-5-3-2-4-6-20/h2-10,18,22,31H,11-17H2,1H3/t22-/m0/s1. The van der Waals surface area contributed by atoms with Crippen molar-refractivity contribution < 1.29 is 5.11 Å². The highest BCUT2D eigenvalue weighted by molar-refractivity contribution is 7.18. The molecular weight excluding hydrogens is 430 g/mol. The Balaban J connectivity index is 1.41. The molecule has 0 unspecified atom stereocenters. The van der Waals surface area contributed by atoms with Gasteiger partial charge in [0.2, 0.25) is 0 Å². The fraction of sp³-hybridized carbons (Fsp3) is 0.333. The van der Waals surface area contributed by atoms with Crippen LogP contribution in [0.15, 0.2) is 65.7 Å². The van der Waals surface area contributed by atoms with Gasteiger partial charge in [0.05, 0.1) is 24.9 Å². The van der Waals surface area contributed by atoms with E-state index in [-0.39, 0.29) is 12.2 Å². The van der Waals surface area contributed by atoms with Gasteiger partial charge >= 0.3 is 0 Å². The number of fused-ring (bicyclic) bond motifs is 3. The molecule has 4 aromatic rings. The maximum atomic E-state index is 13.4. The van der Waals surface area contributed by atoms with Crippen molar-refractivity contribution in [1.29, 1.82) is 0 Å². The highest BCUT2D eigenvalue weighted by atomic mass is 32.1. The van der Waals surface area contributed by atoms with Crippen molar-refractivity contribution in [2.45, 2.75) is 45.3 Å². The monoisotopic (exact) mass is 459 g/mol. The molecule has 0 aliphatic heterocycles. The molecule has 1 aliphatic rings. The van der Waals surface area contributed by atoms with Crippen LogP contribution in [0.3, 0.4) is 0 Å². The van der Waals surface area contributed by atoms with Gasteiger partial charge in [-0.25, -0.2) is 4.98 Å². The van der Waals surface area contributed by atoms with Gasteiger partial charge in [-0.05, 0) is 42.9 Å². The molecule has 0 saturated carbocycles. The Bertz CT molecular complexity index is 1290. The maximum Gasteiger partial charge on any atom is 0.262 e. The van der Waals surface area contributed by atoms with Crippen LogP contribution in [0.2, 0.25) is 0 Å². The predicted molar refractivity (Wildman–Crippen MR) is 134 cm³/mol. The number of hydrogen-bond acceptors (Lipinski definition) is 5. The summed E-state index contributed by atoms with van der Waals surface area (Å²) in [5, 5.41) is 10.5. The highest BCUT2D eigenvalue weighted by Crippen LogP contribution is 2.35. The summed E-state index contributed by atoms with van der Waals surface area (Å²) in [5.74, 6) is 0. The lowest BCUT2D eigenvalue weighted by Crippen LogP contribution is -2.40. The molecule has 6 heteroatoms. The van der Waals surface area contributed by atoms with Gasteiger partial charge < -0.3 is 5.11 Å². The Kier molecular flexibility index (Phi) is 6.40. The van der Waals surface area contributed by atoms with Crippen LogP contribution in [0.1, 0.15) is 33.6 Å². The summed E-state index contributed by atoms with van der Waals surface area (Å²) in [6.45, 7) is 4.23. The molecule has 0 spiro atoms. The summed E-state index contributed by atoms with van der Waals surface area (Å²) in [5.41, 5.74) is 4.82. The first-order chi connectivity index (χ1) is 16.1. The van der Waals surface area contributed by atoms with Gasteiger partial charge in [-0.2, -0.15) is 0 Å². The van der Waals surface area contributed by atoms with Gasteiger partial charge in [0.25, 0.3) is 5.56 Å². The normalized spacial score (nSPS) is 15.8. The van der Waals surface area contributed by atoms with E-state index in [1.807, 2.05) is 6.07 Å². The van der Waals surface area contributed by atoms with Crippen LogP contribution in [0.5, 0.6) is 0 Å².